The number of nitrogens with one attached hydrogen (secondary N) is 1. The van der Waals surface area contributed by atoms with Crippen LogP contribution < -0.4 is 16.7 Å². The fourth-order valence-electron chi connectivity index (χ4n) is 2.51. The lowest BCUT2D eigenvalue weighted by Crippen LogP contribution is -2.32. The van der Waals surface area contributed by atoms with Crippen LogP contribution in [-0.4, -0.2) is 47.9 Å². The predicted molar refractivity (Wildman–Crippen MR) is 97.5 cm³/mol. The lowest BCUT2D eigenvalue weighted by atomic mass is 9.84. The van der Waals surface area contributed by atoms with Gasteiger partial charge < -0.3 is 10.1 Å². The molecular formula is C16H10B2F4N6. The van der Waals surface area contributed by atoms with E-state index in [1.54, 1.807) is 0 Å². The van der Waals surface area contributed by atoms with Crippen molar-refractivity contribution in [3.05, 3.63) is 53.5 Å². The maximum Gasteiger partial charge on any atom is 0.449 e. The van der Waals surface area contributed by atoms with Crippen LogP contribution >= 0.6 is 0 Å². The first-order valence-electron chi connectivity index (χ1n) is 7.72. The molecule has 12 heteroatoms. The Balaban J connectivity index is 2.07. The van der Waals surface area contributed by atoms with Crippen LogP contribution in [0, 0.1) is 11.2 Å². The highest BCUT2D eigenvalue weighted by Gasteiger charge is 2.34. The van der Waals surface area contributed by atoms with Crippen molar-refractivity contribution in [3.63, 3.8) is 0 Å². The van der Waals surface area contributed by atoms with Gasteiger partial charge in [-0.2, -0.15) is 13.2 Å². The molecule has 0 atom stereocenters. The van der Waals surface area contributed by atoms with Crippen LogP contribution in [0.2, 0.25) is 0 Å². The number of amidine groups is 2. The Morgan fingerprint density at radius 2 is 2.00 bits per heavy atom. The highest BCUT2D eigenvalue weighted by molar-refractivity contribution is 6.38. The summed E-state index contributed by atoms with van der Waals surface area (Å²) < 4.78 is 53.4. The van der Waals surface area contributed by atoms with E-state index in [1.165, 1.54) is 35.1 Å². The molecule has 0 spiro atoms. The Labute approximate surface area is 158 Å². The zero-order valence-electron chi connectivity index (χ0n) is 14.1. The number of imidazole rings is 1. The number of hydrogen-bond acceptors (Lipinski definition) is 3. The minimum Gasteiger partial charge on any atom is -0.380 e. The number of benzene rings is 1. The van der Waals surface area contributed by atoms with Gasteiger partial charge in [-0.25, -0.2) is 19.4 Å². The van der Waals surface area contributed by atoms with Crippen LogP contribution in [0.1, 0.15) is 17.0 Å². The van der Waals surface area contributed by atoms with Gasteiger partial charge in [-0.05, 0) is 5.56 Å². The van der Waals surface area contributed by atoms with E-state index in [1.807, 2.05) is 0 Å². The van der Waals surface area contributed by atoms with Crippen molar-refractivity contribution >= 4 is 43.9 Å². The molecule has 3 aromatic rings. The Bertz CT molecular complexity index is 1110. The maximum atomic E-state index is 14.3. The van der Waals surface area contributed by atoms with E-state index in [-0.39, 0.29) is 34.3 Å². The lowest BCUT2D eigenvalue weighted by Gasteiger charge is -2.11. The summed E-state index contributed by atoms with van der Waals surface area (Å²) in [6.45, 7) is 0. The smallest absolute Gasteiger partial charge is 0.380 e. The second-order valence-electron chi connectivity index (χ2n) is 5.83. The average molecular weight is 384 g/mol. The highest BCUT2D eigenvalue weighted by Crippen LogP contribution is 2.17. The van der Waals surface area contributed by atoms with Gasteiger partial charge in [0.2, 0.25) is 5.84 Å². The summed E-state index contributed by atoms with van der Waals surface area (Å²) in [5.74, 6) is -3.18. The predicted octanol–water partition coefficient (Wildman–Crippen LogP) is 0.292. The molecule has 4 radical (unpaired) electrons. The Hall–Kier alpha value is -3.17. The van der Waals surface area contributed by atoms with Crippen LogP contribution in [-0.2, 0) is 6.42 Å². The number of rotatable bonds is 3. The maximum absolute atomic E-state index is 14.3. The molecule has 3 rings (SSSR count). The number of halogens is 4. The molecule has 0 fully saturated rings. The van der Waals surface area contributed by atoms with Crippen LogP contribution in [0.5, 0.6) is 0 Å². The van der Waals surface area contributed by atoms with Crippen LogP contribution in [0.4, 0.5) is 17.6 Å². The van der Waals surface area contributed by atoms with E-state index in [2.05, 4.69) is 15.0 Å². The number of fused-ring (bicyclic) bond motifs is 1. The van der Waals surface area contributed by atoms with Crippen molar-refractivity contribution in [2.45, 2.75) is 12.6 Å². The molecule has 0 aliphatic rings. The SMILES string of the molecule is [B]c1cc([B])c(F)c(Cc2nc(C(=N)N=C(N)C(F)(F)F)cn3ccnc23)c1. The number of nitrogens with zero attached hydrogens (tertiary/aromatic N) is 4. The molecule has 138 valence electrons. The second kappa shape index (κ2) is 7.10. The monoisotopic (exact) mass is 384 g/mol. The molecule has 1 aromatic carbocycles. The first kappa shape index (κ1) is 19.6. The molecule has 3 N–H and O–H groups in total. The first-order valence-corrected chi connectivity index (χ1v) is 7.72. The molecule has 2 heterocycles. The topological polar surface area (TPSA) is 92.4 Å². The summed E-state index contributed by atoms with van der Waals surface area (Å²) >= 11 is 0. The summed E-state index contributed by atoms with van der Waals surface area (Å²) in [4.78, 5) is 11.3. The van der Waals surface area contributed by atoms with Crippen LogP contribution in [0.15, 0.2) is 35.7 Å². The number of alkyl halides is 3. The van der Waals surface area contributed by atoms with Gasteiger partial charge in [-0.1, -0.05) is 23.1 Å². The Kier molecular flexibility index (Phi) is 4.97. The summed E-state index contributed by atoms with van der Waals surface area (Å²) in [6.07, 6.45) is -0.799. The van der Waals surface area contributed by atoms with Crippen molar-refractivity contribution in [2.75, 3.05) is 0 Å². The molecule has 2 aromatic heterocycles. The Morgan fingerprint density at radius 3 is 2.68 bits per heavy atom. The number of aliphatic imine (C=N–C) groups is 1. The number of nitrogens with two attached hydrogens (primary N) is 1. The summed E-state index contributed by atoms with van der Waals surface area (Å²) in [5, 5.41) is 7.78. The zero-order chi connectivity index (χ0) is 20.6. The van der Waals surface area contributed by atoms with Gasteiger partial charge in [-0.3, -0.25) is 5.41 Å². The van der Waals surface area contributed by atoms with Gasteiger partial charge in [0, 0.05) is 25.0 Å². The molecule has 0 saturated heterocycles. The van der Waals surface area contributed by atoms with E-state index in [0.29, 0.717) is 5.65 Å². The van der Waals surface area contributed by atoms with Gasteiger partial charge in [0.25, 0.3) is 0 Å². The lowest BCUT2D eigenvalue weighted by molar-refractivity contribution is -0.0597. The van der Waals surface area contributed by atoms with Crippen molar-refractivity contribution in [2.24, 2.45) is 10.7 Å². The molecule has 0 unspecified atom stereocenters. The molecule has 0 bridgehead atoms. The molecule has 0 saturated carbocycles. The van der Waals surface area contributed by atoms with Gasteiger partial charge in [0.05, 0.1) is 5.69 Å². The molecule has 6 nitrogen and oxygen atoms in total. The van der Waals surface area contributed by atoms with E-state index < -0.39 is 23.7 Å². The van der Waals surface area contributed by atoms with Gasteiger partial charge in [-0.15, -0.1) is 0 Å². The minimum absolute atomic E-state index is 0.110. The second-order valence-corrected chi connectivity index (χ2v) is 5.83. The van der Waals surface area contributed by atoms with Gasteiger partial charge in [0.1, 0.15) is 27.2 Å². The molecule has 28 heavy (non-hydrogen) atoms. The summed E-state index contributed by atoms with van der Waals surface area (Å²) in [5.41, 5.74) is 5.37. The van der Waals surface area contributed by atoms with E-state index >= 15 is 0 Å². The van der Waals surface area contributed by atoms with Gasteiger partial charge >= 0.3 is 6.18 Å². The zero-order valence-corrected chi connectivity index (χ0v) is 14.1. The molecule has 0 aliphatic heterocycles. The van der Waals surface area contributed by atoms with Crippen LogP contribution in [0.3, 0.4) is 0 Å². The molecule has 0 amide bonds. The normalized spacial score (nSPS) is 12.5. The minimum atomic E-state index is -4.88. The van der Waals surface area contributed by atoms with Crippen molar-refractivity contribution in [1.82, 2.24) is 14.4 Å². The van der Waals surface area contributed by atoms with Crippen molar-refractivity contribution < 1.29 is 17.6 Å². The van der Waals surface area contributed by atoms with Gasteiger partial charge in [0.15, 0.2) is 11.5 Å². The fourth-order valence-corrected chi connectivity index (χ4v) is 2.51. The first-order chi connectivity index (χ1) is 13.1. The third kappa shape index (κ3) is 3.90. The largest absolute Gasteiger partial charge is 0.449 e. The van der Waals surface area contributed by atoms with E-state index in [0.717, 1.165) is 0 Å². The third-order valence-corrected chi connectivity index (χ3v) is 3.77. The van der Waals surface area contributed by atoms with Crippen molar-refractivity contribution in [3.8, 4) is 0 Å². The molecular weight excluding hydrogens is 374 g/mol. The summed E-state index contributed by atoms with van der Waals surface area (Å²) in [6, 6.07) is 2.63. The Morgan fingerprint density at radius 1 is 1.29 bits per heavy atom. The average Bonchev–Trinajstić information content (AvgIpc) is 3.07. The molecule has 0 aliphatic carbocycles. The van der Waals surface area contributed by atoms with Crippen LogP contribution in [0.25, 0.3) is 5.65 Å². The quantitative estimate of drug-likeness (QED) is 0.295. The third-order valence-electron chi connectivity index (χ3n) is 3.77. The summed E-state index contributed by atoms with van der Waals surface area (Å²) in [7, 11) is 11.3. The number of aromatic nitrogens is 3. The van der Waals surface area contributed by atoms with Crippen molar-refractivity contribution in [1.29, 1.82) is 5.41 Å². The highest BCUT2D eigenvalue weighted by atomic mass is 19.4. The fraction of sp³-hybridized carbons (Fsp3) is 0.125. The number of hydrogen-bond donors (Lipinski definition) is 2. The standard InChI is InChI=1S/C16H10B2F4N6/c17-8-3-7(12(19)9(18)5-8)4-10-14-25-1-2-28(14)6-11(26-10)13(23)27-15(24)16(20,21)22/h1-3,5-6H,4H2,(H3,23,24,27). The van der Waals surface area contributed by atoms with E-state index in [4.69, 9.17) is 26.8 Å². The van der Waals surface area contributed by atoms with E-state index in [9.17, 15) is 17.6 Å².